The third kappa shape index (κ3) is 3.50. The van der Waals surface area contributed by atoms with Crippen LogP contribution in [0.1, 0.15) is 27.6 Å². The van der Waals surface area contributed by atoms with Crippen molar-refractivity contribution in [2.45, 2.75) is 13.5 Å². The lowest BCUT2D eigenvalue weighted by molar-refractivity contribution is 0.0991. The number of methoxy groups -OCH3 is 1. The molecule has 0 aliphatic heterocycles. The van der Waals surface area contributed by atoms with Crippen molar-refractivity contribution in [3.8, 4) is 5.75 Å². The van der Waals surface area contributed by atoms with E-state index in [-0.39, 0.29) is 11.7 Å². The Morgan fingerprint density at radius 2 is 1.88 bits per heavy atom. The lowest BCUT2D eigenvalue weighted by Gasteiger charge is -2.02. The number of rotatable bonds is 5. The van der Waals surface area contributed by atoms with E-state index in [1.165, 1.54) is 18.3 Å². The Kier molecular flexibility index (Phi) is 5.14. The summed E-state index contributed by atoms with van der Waals surface area (Å²) in [5.74, 6) is 0.363. The number of ketones is 1. The van der Waals surface area contributed by atoms with Crippen molar-refractivity contribution in [3.05, 3.63) is 71.0 Å². The maximum Gasteiger partial charge on any atom is 0.279 e. The summed E-state index contributed by atoms with van der Waals surface area (Å²) >= 11 is 1.42. The number of carbonyl (C=O) groups excluding carboxylic acids is 2. The number of hydrogen-bond acceptors (Lipinski definition) is 4. The molecule has 0 fully saturated rings. The third-order valence-electron chi connectivity index (χ3n) is 3.94. The molecule has 0 radical (unpaired) electrons. The molecule has 0 unspecified atom stereocenters. The van der Waals surface area contributed by atoms with Crippen LogP contribution in [-0.4, -0.2) is 23.4 Å². The fourth-order valence-corrected chi connectivity index (χ4v) is 3.64. The number of thiazole rings is 1. The van der Waals surface area contributed by atoms with E-state index in [0.717, 1.165) is 16.0 Å². The summed E-state index contributed by atoms with van der Waals surface area (Å²) in [7, 11) is 1.62. The molecule has 0 N–H and O–H groups in total. The van der Waals surface area contributed by atoms with Gasteiger partial charge in [0.15, 0.2) is 10.6 Å². The molecule has 1 heterocycles. The molecule has 0 saturated carbocycles. The second-order valence-corrected chi connectivity index (χ2v) is 6.68. The molecule has 1 amide bonds. The van der Waals surface area contributed by atoms with E-state index < -0.39 is 0 Å². The maximum atomic E-state index is 12.5. The standard InChI is InChI=1S/C20H18N2O3S/c1-4-11-22-17-10-9-16(25-3)12-18(17)26-20(22)21-19(24)15-7-5-14(6-8-15)13(2)23/h4-10,12H,1,11H2,2-3H3. The van der Waals surface area contributed by atoms with Gasteiger partial charge < -0.3 is 9.30 Å². The van der Waals surface area contributed by atoms with Crippen LogP contribution in [0.5, 0.6) is 5.75 Å². The summed E-state index contributed by atoms with van der Waals surface area (Å²) in [4.78, 5) is 28.8. The molecule has 132 valence electrons. The van der Waals surface area contributed by atoms with Crippen molar-refractivity contribution in [2.24, 2.45) is 4.99 Å². The first-order valence-corrected chi connectivity index (χ1v) is 8.83. The van der Waals surface area contributed by atoms with E-state index in [9.17, 15) is 9.59 Å². The van der Waals surface area contributed by atoms with Crippen LogP contribution >= 0.6 is 11.3 Å². The third-order valence-corrected chi connectivity index (χ3v) is 4.98. The summed E-state index contributed by atoms with van der Waals surface area (Å²) in [6, 6.07) is 12.3. The Morgan fingerprint density at radius 3 is 2.50 bits per heavy atom. The fraction of sp³-hybridized carbons (Fsp3) is 0.150. The van der Waals surface area contributed by atoms with Crippen LogP contribution in [0.4, 0.5) is 0 Å². The molecule has 3 aromatic rings. The minimum absolute atomic E-state index is 0.0387. The number of Topliss-reactive ketones (excluding diaryl/α,β-unsaturated/α-hetero) is 1. The molecule has 5 nitrogen and oxygen atoms in total. The van der Waals surface area contributed by atoms with Crippen LogP contribution in [0.2, 0.25) is 0 Å². The second kappa shape index (κ2) is 7.49. The number of carbonyl (C=O) groups is 2. The second-order valence-electron chi connectivity index (χ2n) is 5.67. The molecule has 1 aromatic heterocycles. The van der Waals surface area contributed by atoms with Crippen LogP contribution in [0.25, 0.3) is 10.2 Å². The van der Waals surface area contributed by atoms with Crippen molar-refractivity contribution in [3.63, 3.8) is 0 Å². The normalized spacial score (nSPS) is 11.5. The fourth-order valence-electron chi connectivity index (χ4n) is 2.57. The van der Waals surface area contributed by atoms with Crippen LogP contribution in [0.15, 0.2) is 60.1 Å². The van der Waals surface area contributed by atoms with E-state index >= 15 is 0 Å². The number of hydrogen-bond donors (Lipinski definition) is 0. The Bertz CT molecular complexity index is 1060. The molecule has 3 rings (SSSR count). The highest BCUT2D eigenvalue weighted by molar-refractivity contribution is 7.16. The van der Waals surface area contributed by atoms with E-state index in [1.54, 1.807) is 37.5 Å². The van der Waals surface area contributed by atoms with Crippen LogP contribution in [0, 0.1) is 0 Å². The number of ether oxygens (including phenoxy) is 1. The van der Waals surface area contributed by atoms with Gasteiger partial charge in [0.05, 0.1) is 17.3 Å². The summed E-state index contributed by atoms with van der Waals surface area (Å²) < 4.78 is 8.18. The van der Waals surface area contributed by atoms with Crippen molar-refractivity contribution in [2.75, 3.05) is 7.11 Å². The molecule has 2 aromatic carbocycles. The van der Waals surface area contributed by atoms with Crippen molar-refractivity contribution < 1.29 is 14.3 Å². The molecule has 0 saturated heterocycles. The Labute approximate surface area is 154 Å². The molecule has 0 spiro atoms. The van der Waals surface area contributed by atoms with Gasteiger partial charge in [-0.1, -0.05) is 29.5 Å². The van der Waals surface area contributed by atoms with Crippen LogP contribution < -0.4 is 9.54 Å². The lowest BCUT2D eigenvalue weighted by atomic mass is 10.1. The minimum atomic E-state index is -0.351. The molecular weight excluding hydrogens is 348 g/mol. The predicted molar refractivity (Wildman–Crippen MR) is 103 cm³/mol. The molecule has 0 aliphatic carbocycles. The maximum absolute atomic E-state index is 12.5. The number of fused-ring (bicyclic) bond motifs is 1. The molecule has 6 heteroatoms. The predicted octanol–water partition coefficient (Wildman–Crippen LogP) is 3.84. The summed E-state index contributed by atoms with van der Waals surface area (Å²) in [6.45, 7) is 5.82. The molecule has 26 heavy (non-hydrogen) atoms. The van der Waals surface area contributed by atoms with Crippen LogP contribution in [0.3, 0.4) is 0 Å². The largest absolute Gasteiger partial charge is 0.497 e. The molecule has 0 atom stereocenters. The van der Waals surface area contributed by atoms with Gasteiger partial charge in [0.1, 0.15) is 5.75 Å². The Hall–Kier alpha value is -2.99. The number of benzene rings is 2. The first kappa shape index (κ1) is 17.8. The van der Waals surface area contributed by atoms with E-state index in [2.05, 4.69) is 11.6 Å². The molecule has 0 aliphatic rings. The first-order valence-electron chi connectivity index (χ1n) is 8.02. The number of allylic oxidation sites excluding steroid dienone is 1. The SMILES string of the molecule is C=CCn1c(=NC(=O)c2ccc(C(C)=O)cc2)sc2cc(OC)ccc21. The minimum Gasteiger partial charge on any atom is -0.497 e. The van der Waals surface area contributed by atoms with Gasteiger partial charge in [-0.25, -0.2) is 0 Å². The van der Waals surface area contributed by atoms with E-state index in [4.69, 9.17) is 4.74 Å². The quantitative estimate of drug-likeness (QED) is 0.509. The average molecular weight is 366 g/mol. The van der Waals surface area contributed by atoms with Crippen molar-refractivity contribution in [1.29, 1.82) is 0 Å². The van der Waals surface area contributed by atoms with E-state index in [1.807, 2.05) is 22.8 Å². The smallest absolute Gasteiger partial charge is 0.279 e. The lowest BCUT2D eigenvalue weighted by Crippen LogP contribution is -2.16. The van der Waals surface area contributed by atoms with E-state index in [0.29, 0.717) is 22.5 Å². The van der Waals surface area contributed by atoms with Gasteiger partial charge in [0.25, 0.3) is 5.91 Å². The van der Waals surface area contributed by atoms with Gasteiger partial charge in [-0.2, -0.15) is 4.99 Å². The highest BCUT2D eigenvalue weighted by Crippen LogP contribution is 2.23. The molecular formula is C20H18N2O3S. The average Bonchev–Trinajstić information content (AvgIpc) is 2.98. The summed E-state index contributed by atoms with van der Waals surface area (Å²) in [6.07, 6.45) is 1.77. The van der Waals surface area contributed by atoms with Gasteiger partial charge in [-0.15, -0.1) is 6.58 Å². The summed E-state index contributed by atoms with van der Waals surface area (Å²) in [5, 5.41) is 0. The Balaban J connectivity index is 2.07. The number of aromatic nitrogens is 1. The number of nitrogens with zero attached hydrogens (tertiary/aromatic N) is 2. The zero-order valence-corrected chi connectivity index (χ0v) is 15.4. The molecule has 0 bridgehead atoms. The number of amides is 1. The van der Waals surface area contributed by atoms with Gasteiger partial charge >= 0.3 is 0 Å². The van der Waals surface area contributed by atoms with Crippen molar-refractivity contribution >= 4 is 33.2 Å². The zero-order chi connectivity index (χ0) is 18.7. The van der Waals surface area contributed by atoms with Gasteiger partial charge in [0, 0.05) is 17.7 Å². The zero-order valence-electron chi connectivity index (χ0n) is 14.6. The topological polar surface area (TPSA) is 60.7 Å². The monoisotopic (exact) mass is 366 g/mol. The Morgan fingerprint density at radius 1 is 1.19 bits per heavy atom. The van der Waals surface area contributed by atoms with Crippen LogP contribution in [-0.2, 0) is 6.54 Å². The van der Waals surface area contributed by atoms with Gasteiger partial charge in [-0.3, -0.25) is 9.59 Å². The van der Waals surface area contributed by atoms with Crippen molar-refractivity contribution in [1.82, 2.24) is 4.57 Å². The van der Waals surface area contributed by atoms with Gasteiger partial charge in [-0.05, 0) is 37.3 Å². The highest BCUT2D eigenvalue weighted by atomic mass is 32.1. The van der Waals surface area contributed by atoms with Gasteiger partial charge in [0.2, 0.25) is 0 Å². The highest BCUT2D eigenvalue weighted by Gasteiger charge is 2.10. The first-order chi connectivity index (χ1) is 12.5. The summed E-state index contributed by atoms with van der Waals surface area (Å²) in [5.41, 5.74) is 1.97.